The highest BCUT2D eigenvalue weighted by atomic mass is 35.5. The Kier molecular flexibility index (Phi) is 4.50. The Balaban J connectivity index is 2.78. The second kappa shape index (κ2) is 5.66. The molecule has 0 aliphatic heterocycles. The van der Waals surface area contributed by atoms with Crippen LogP contribution in [0.4, 0.5) is 5.69 Å². The van der Waals surface area contributed by atoms with Gasteiger partial charge in [0.15, 0.2) is 0 Å². The first kappa shape index (κ1) is 11.9. The second-order valence-electron chi connectivity index (χ2n) is 3.51. The minimum Gasteiger partial charge on any atom is -0.495 e. The summed E-state index contributed by atoms with van der Waals surface area (Å²) in [7, 11) is 1.67. The lowest BCUT2D eigenvalue weighted by atomic mass is 10.2. The molecular formula is C12H16ClNO. The molecule has 0 aliphatic rings. The molecule has 0 amide bonds. The molecule has 2 nitrogen and oxygen atoms in total. The maximum atomic E-state index is 5.59. The molecule has 15 heavy (non-hydrogen) atoms. The summed E-state index contributed by atoms with van der Waals surface area (Å²) in [5.74, 6) is 0.850. The third-order valence-corrected chi connectivity index (χ3v) is 2.47. The fourth-order valence-corrected chi connectivity index (χ4v) is 1.31. The van der Waals surface area contributed by atoms with Crippen LogP contribution in [-0.4, -0.2) is 13.7 Å². The first-order valence-electron chi connectivity index (χ1n) is 4.81. The number of ether oxygens (including phenoxy) is 1. The molecule has 1 N–H and O–H groups in total. The number of rotatable bonds is 4. The predicted octanol–water partition coefficient (Wildman–Crippen LogP) is 3.56. The van der Waals surface area contributed by atoms with Crippen LogP contribution in [0.2, 0.25) is 0 Å². The Morgan fingerprint density at radius 1 is 1.53 bits per heavy atom. The van der Waals surface area contributed by atoms with E-state index in [1.54, 1.807) is 12.6 Å². The van der Waals surface area contributed by atoms with E-state index in [0.29, 0.717) is 0 Å². The number of halogens is 1. The van der Waals surface area contributed by atoms with Gasteiger partial charge < -0.3 is 10.1 Å². The molecule has 0 aliphatic carbocycles. The van der Waals surface area contributed by atoms with Gasteiger partial charge in [-0.15, -0.1) is 0 Å². The molecule has 0 bridgehead atoms. The SMILES string of the molecule is COc1ccc(C)cc1NC/C(C)=C/Cl. The highest BCUT2D eigenvalue weighted by Crippen LogP contribution is 2.25. The highest BCUT2D eigenvalue weighted by Gasteiger charge is 2.01. The molecule has 0 heterocycles. The zero-order chi connectivity index (χ0) is 11.3. The fraction of sp³-hybridized carbons (Fsp3) is 0.333. The molecular weight excluding hydrogens is 210 g/mol. The molecule has 0 fully saturated rings. The van der Waals surface area contributed by atoms with Crippen molar-refractivity contribution >= 4 is 17.3 Å². The van der Waals surface area contributed by atoms with Crippen molar-refractivity contribution in [2.75, 3.05) is 19.0 Å². The Morgan fingerprint density at radius 3 is 2.87 bits per heavy atom. The Hall–Kier alpha value is -1.15. The zero-order valence-corrected chi connectivity index (χ0v) is 10.1. The molecule has 0 unspecified atom stereocenters. The van der Waals surface area contributed by atoms with E-state index in [-0.39, 0.29) is 0 Å². The summed E-state index contributed by atoms with van der Waals surface area (Å²) in [4.78, 5) is 0. The lowest BCUT2D eigenvalue weighted by Crippen LogP contribution is -2.04. The van der Waals surface area contributed by atoms with E-state index in [9.17, 15) is 0 Å². The van der Waals surface area contributed by atoms with E-state index in [4.69, 9.17) is 16.3 Å². The first-order valence-corrected chi connectivity index (χ1v) is 5.25. The Morgan fingerprint density at radius 2 is 2.27 bits per heavy atom. The van der Waals surface area contributed by atoms with Crippen LogP contribution in [0.15, 0.2) is 29.3 Å². The smallest absolute Gasteiger partial charge is 0.141 e. The summed E-state index contributed by atoms with van der Waals surface area (Å²) in [6.45, 7) is 4.75. The van der Waals surface area contributed by atoms with Gasteiger partial charge in [-0.3, -0.25) is 0 Å². The van der Waals surface area contributed by atoms with Crippen LogP contribution in [0, 0.1) is 6.92 Å². The average Bonchev–Trinajstić information content (AvgIpc) is 2.26. The number of anilines is 1. The maximum absolute atomic E-state index is 5.59. The minimum absolute atomic E-state index is 0.726. The molecule has 0 atom stereocenters. The summed E-state index contributed by atoms with van der Waals surface area (Å²) in [5, 5.41) is 3.28. The number of benzene rings is 1. The molecule has 1 rings (SSSR count). The van der Waals surface area contributed by atoms with Crippen LogP contribution < -0.4 is 10.1 Å². The number of methoxy groups -OCH3 is 1. The van der Waals surface area contributed by atoms with Gasteiger partial charge in [0.25, 0.3) is 0 Å². The normalized spacial score (nSPS) is 11.3. The molecule has 82 valence electrons. The van der Waals surface area contributed by atoms with Crippen LogP contribution in [0.5, 0.6) is 5.75 Å². The third kappa shape index (κ3) is 3.48. The van der Waals surface area contributed by atoms with Gasteiger partial charge in [-0.2, -0.15) is 0 Å². The fourth-order valence-electron chi connectivity index (χ4n) is 1.23. The van der Waals surface area contributed by atoms with Gasteiger partial charge >= 0.3 is 0 Å². The molecule has 1 aromatic carbocycles. The van der Waals surface area contributed by atoms with Crippen molar-refractivity contribution in [2.45, 2.75) is 13.8 Å². The molecule has 0 spiro atoms. The minimum atomic E-state index is 0.726. The number of nitrogens with one attached hydrogen (secondary N) is 1. The average molecular weight is 226 g/mol. The van der Waals surface area contributed by atoms with E-state index in [2.05, 4.69) is 18.3 Å². The molecule has 3 heteroatoms. The van der Waals surface area contributed by atoms with Crippen molar-refractivity contribution in [3.63, 3.8) is 0 Å². The van der Waals surface area contributed by atoms with Crippen molar-refractivity contribution in [3.05, 3.63) is 34.9 Å². The lowest BCUT2D eigenvalue weighted by molar-refractivity contribution is 0.416. The van der Waals surface area contributed by atoms with Crippen molar-refractivity contribution < 1.29 is 4.74 Å². The predicted molar refractivity (Wildman–Crippen MR) is 65.8 cm³/mol. The molecule has 0 radical (unpaired) electrons. The van der Waals surface area contributed by atoms with Crippen LogP contribution >= 0.6 is 11.6 Å². The van der Waals surface area contributed by atoms with Gasteiger partial charge in [0.1, 0.15) is 5.75 Å². The van der Waals surface area contributed by atoms with E-state index in [1.165, 1.54) is 5.56 Å². The van der Waals surface area contributed by atoms with E-state index >= 15 is 0 Å². The van der Waals surface area contributed by atoms with Crippen LogP contribution in [0.1, 0.15) is 12.5 Å². The Bertz CT molecular complexity index is 361. The van der Waals surface area contributed by atoms with E-state index < -0.39 is 0 Å². The summed E-state index contributed by atoms with van der Waals surface area (Å²) < 4.78 is 5.25. The molecule has 1 aromatic rings. The van der Waals surface area contributed by atoms with Crippen molar-refractivity contribution in [1.82, 2.24) is 0 Å². The summed E-state index contributed by atoms with van der Waals surface area (Å²) in [5.41, 5.74) is 4.86. The third-order valence-electron chi connectivity index (χ3n) is 2.10. The monoisotopic (exact) mass is 225 g/mol. The van der Waals surface area contributed by atoms with Crippen LogP contribution in [0.3, 0.4) is 0 Å². The van der Waals surface area contributed by atoms with E-state index in [1.807, 2.05) is 19.1 Å². The largest absolute Gasteiger partial charge is 0.495 e. The van der Waals surface area contributed by atoms with Gasteiger partial charge in [-0.1, -0.05) is 17.7 Å². The summed E-state index contributed by atoms with van der Waals surface area (Å²) in [6.07, 6.45) is 0. The number of hydrogen-bond acceptors (Lipinski definition) is 2. The van der Waals surface area contributed by atoms with Gasteiger partial charge in [0.2, 0.25) is 0 Å². The molecule has 0 saturated heterocycles. The van der Waals surface area contributed by atoms with Crippen LogP contribution in [0.25, 0.3) is 0 Å². The first-order chi connectivity index (χ1) is 7.17. The maximum Gasteiger partial charge on any atom is 0.141 e. The summed E-state index contributed by atoms with van der Waals surface area (Å²) in [6, 6.07) is 6.03. The van der Waals surface area contributed by atoms with Gasteiger partial charge in [-0.25, -0.2) is 0 Å². The quantitative estimate of drug-likeness (QED) is 0.846. The zero-order valence-electron chi connectivity index (χ0n) is 9.30. The van der Waals surface area contributed by atoms with Gasteiger partial charge in [-0.05, 0) is 37.1 Å². The Labute approximate surface area is 95.9 Å². The standard InChI is InChI=1S/C12H16ClNO/c1-9-4-5-12(15-3)11(6-9)14-8-10(2)7-13/h4-7,14H,8H2,1-3H3/b10-7+. The van der Waals surface area contributed by atoms with Crippen molar-refractivity contribution in [3.8, 4) is 5.75 Å². The summed E-state index contributed by atoms with van der Waals surface area (Å²) >= 11 is 5.59. The van der Waals surface area contributed by atoms with Crippen LogP contribution in [-0.2, 0) is 0 Å². The van der Waals surface area contributed by atoms with Gasteiger partial charge in [0, 0.05) is 12.1 Å². The number of hydrogen-bond donors (Lipinski definition) is 1. The highest BCUT2D eigenvalue weighted by molar-refractivity contribution is 6.25. The van der Waals surface area contributed by atoms with Crippen molar-refractivity contribution in [1.29, 1.82) is 0 Å². The number of aryl methyl sites for hydroxylation is 1. The topological polar surface area (TPSA) is 21.3 Å². The molecule has 0 saturated carbocycles. The van der Waals surface area contributed by atoms with E-state index in [0.717, 1.165) is 23.6 Å². The van der Waals surface area contributed by atoms with Gasteiger partial charge in [0.05, 0.1) is 12.8 Å². The lowest BCUT2D eigenvalue weighted by Gasteiger charge is -2.11. The van der Waals surface area contributed by atoms with Crippen molar-refractivity contribution in [2.24, 2.45) is 0 Å². The molecule has 0 aromatic heterocycles. The second-order valence-corrected chi connectivity index (χ2v) is 3.73.